The van der Waals surface area contributed by atoms with Gasteiger partial charge in [-0.05, 0) is 24.3 Å². The molecule has 1 N–H and O–H groups in total. The van der Waals surface area contributed by atoms with E-state index in [2.05, 4.69) is 15.5 Å². The van der Waals surface area contributed by atoms with Gasteiger partial charge in [0, 0.05) is 36.0 Å². The van der Waals surface area contributed by atoms with Gasteiger partial charge in [-0.1, -0.05) is 12.1 Å². The molecule has 0 fully saturated rings. The van der Waals surface area contributed by atoms with Gasteiger partial charge < -0.3 is 9.88 Å². The first-order valence-corrected chi connectivity index (χ1v) is 7.05. The Bertz CT molecular complexity index is 902. The van der Waals surface area contributed by atoms with Gasteiger partial charge in [-0.25, -0.2) is 0 Å². The third kappa shape index (κ3) is 3.12. The molecular formula is C16H13N5O3. The van der Waals surface area contributed by atoms with Crippen molar-refractivity contribution in [1.29, 1.82) is 0 Å². The summed E-state index contributed by atoms with van der Waals surface area (Å²) in [6.45, 7) is 0. The molecule has 3 rings (SSSR count). The van der Waals surface area contributed by atoms with E-state index in [9.17, 15) is 14.9 Å². The van der Waals surface area contributed by atoms with Crippen molar-refractivity contribution in [1.82, 2.24) is 14.8 Å². The number of nitro benzene ring substituents is 1. The van der Waals surface area contributed by atoms with Crippen LogP contribution in [0.2, 0.25) is 0 Å². The Balaban J connectivity index is 1.79. The van der Waals surface area contributed by atoms with E-state index in [1.165, 1.54) is 24.3 Å². The van der Waals surface area contributed by atoms with Crippen molar-refractivity contribution in [2.75, 3.05) is 5.32 Å². The van der Waals surface area contributed by atoms with Crippen LogP contribution in [0.25, 0.3) is 11.4 Å². The highest BCUT2D eigenvalue weighted by Crippen LogP contribution is 2.21. The highest BCUT2D eigenvalue weighted by Gasteiger charge is 2.11. The maximum absolute atomic E-state index is 12.2. The second-order valence-electron chi connectivity index (χ2n) is 5.10. The lowest BCUT2D eigenvalue weighted by Crippen LogP contribution is -2.11. The Hall–Kier alpha value is -3.55. The molecule has 0 saturated heterocycles. The van der Waals surface area contributed by atoms with E-state index in [1.807, 2.05) is 13.1 Å². The summed E-state index contributed by atoms with van der Waals surface area (Å²) in [6, 6.07) is 12.6. The largest absolute Gasteiger partial charge is 0.322 e. The monoisotopic (exact) mass is 323 g/mol. The molecule has 0 bridgehead atoms. The number of rotatable bonds is 4. The Morgan fingerprint density at radius 1 is 1.21 bits per heavy atom. The summed E-state index contributed by atoms with van der Waals surface area (Å²) < 4.78 is 1.78. The average Bonchev–Trinajstić information content (AvgIpc) is 3.01. The zero-order valence-electron chi connectivity index (χ0n) is 12.7. The molecule has 0 aliphatic carbocycles. The standard InChI is InChI=1S/C16H13N5O3/c1-20-10-17-19-15(20)12-3-2-4-13(9-12)18-16(22)11-5-7-14(8-6-11)21(23)24/h2-10H,1H3,(H,18,22). The minimum Gasteiger partial charge on any atom is -0.322 e. The lowest BCUT2D eigenvalue weighted by atomic mass is 10.1. The normalized spacial score (nSPS) is 10.4. The Morgan fingerprint density at radius 3 is 2.58 bits per heavy atom. The molecule has 24 heavy (non-hydrogen) atoms. The molecule has 1 heterocycles. The molecule has 8 heteroatoms. The highest BCUT2D eigenvalue weighted by molar-refractivity contribution is 6.04. The van der Waals surface area contributed by atoms with Crippen LogP contribution in [0.5, 0.6) is 0 Å². The number of hydrogen-bond donors (Lipinski definition) is 1. The van der Waals surface area contributed by atoms with Crippen LogP contribution in [0.4, 0.5) is 11.4 Å². The number of nitrogens with one attached hydrogen (secondary N) is 1. The number of hydrogen-bond acceptors (Lipinski definition) is 5. The van der Waals surface area contributed by atoms with Crippen LogP contribution in [0, 0.1) is 10.1 Å². The summed E-state index contributed by atoms with van der Waals surface area (Å²) in [6.07, 6.45) is 1.59. The summed E-state index contributed by atoms with van der Waals surface area (Å²) >= 11 is 0. The van der Waals surface area contributed by atoms with Gasteiger partial charge in [0.25, 0.3) is 11.6 Å². The van der Waals surface area contributed by atoms with E-state index in [0.717, 1.165) is 5.56 Å². The molecule has 0 unspecified atom stereocenters. The van der Waals surface area contributed by atoms with Crippen molar-refractivity contribution in [3.8, 4) is 11.4 Å². The minimum absolute atomic E-state index is 0.0594. The first-order valence-electron chi connectivity index (χ1n) is 7.05. The van der Waals surface area contributed by atoms with E-state index in [0.29, 0.717) is 17.1 Å². The van der Waals surface area contributed by atoms with E-state index in [-0.39, 0.29) is 11.6 Å². The summed E-state index contributed by atoms with van der Waals surface area (Å²) in [5, 5.41) is 21.3. The molecule has 1 aromatic heterocycles. The van der Waals surface area contributed by atoms with Gasteiger partial charge in [-0.2, -0.15) is 0 Å². The lowest BCUT2D eigenvalue weighted by molar-refractivity contribution is -0.384. The maximum Gasteiger partial charge on any atom is 0.269 e. The number of aryl methyl sites for hydroxylation is 1. The van der Waals surface area contributed by atoms with Gasteiger partial charge in [0.1, 0.15) is 6.33 Å². The van der Waals surface area contributed by atoms with Crippen LogP contribution < -0.4 is 5.32 Å². The number of benzene rings is 2. The average molecular weight is 323 g/mol. The zero-order chi connectivity index (χ0) is 17.1. The van der Waals surface area contributed by atoms with Crippen LogP contribution in [0.1, 0.15) is 10.4 Å². The van der Waals surface area contributed by atoms with E-state index in [1.54, 1.807) is 29.1 Å². The smallest absolute Gasteiger partial charge is 0.269 e. The number of nitro groups is 1. The second kappa shape index (κ2) is 6.29. The Kier molecular flexibility index (Phi) is 4.02. The van der Waals surface area contributed by atoms with Crippen LogP contribution >= 0.6 is 0 Å². The maximum atomic E-state index is 12.2. The van der Waals surface area contributed by atoms with Gasteiger partial charge in [0.2, 0.25) is 0 Å². The molecule has 0 aliphatic rings. The molecule has 0 saturated carbocycles. The topological polar surface area (TPSA) is 103 Å². The van der Waals surface area contributed by atoms with Gasteiger partial charge >= 0.3 is 0 Å². The SMILES string of the molecule is Cn1cnnc1-c1cccc(NC(=O)c2ccc([N+](=O)[O-])cc2)c1. The molecule has 0 aliphatic heterocycles. The van der Waals surface area contributed by atoms with Crippen molar-refractivity contribution in [2.45, 2.75) is 0 Å². The molecule has 0 atom stereocenters. The first-order chi connectivity index (χ1) is 11.5. The molecule has 3 aromatic rings. The zero-order valence-corrected chi connectivity index (χ0v) is 12.7. The first kappa shape index (κ1) is 15.3. The van der Waals surface area contributed by atoms with Crippen molar-refractivity contribution >= 4 is 17.3 Å². The molecule has 8 nitrogen and oxygen atoms in total. The molecule has 2 aromatic carbocycles. The summed E-state index contributed by atoms with van der Waals surface area (Å²) in [5.74, 6) is 0.335. The number of non-ortho nitro benzene ring substituents is 1. The number of aromatic nitrogens is 3. The fraction of sp³-hybridized carbons (Fsp3) is 0.0625. The Morgan fingerprint density at radius 2 is 1.96 bits per heavy atom. The molecule has 0 spiro atoms. The number of nitrogens with zero attached hydrogens (tertiary/aromatic N) is 4. The van der Waals surface area contributed by atoms with E-state index >= 15 is 0 Å². The fourth-order valence-corrected chi connectivity index (χ4v) is 2.22. The summed E-state index contributed by atoms with van der Waals surface area (Å²) in [7, 11) is 1.83. The van der Waals surface area contributed by atoms with Gasteiger partial charge in [0.05, 0.1) is 4.92 Å². The van der Waals surface area contributed by atoms with Crippen molar-refractivity contribution in [2.24, 2.45) is 7.05 Å². The van der Waals surface area contributed by atoms with Gasteiger partial charge in [0.15, 0.2) is 5.82 Å². The molecular weight excluding hydrogens is 310 g/mol. The third-order valence-electron chi connectivity index (χ3n) is 3.43. The summed E-state index contributed by atoms with van der Waals surface area (Å²) in [5.41, 5.74) is 1.69. The van der Waals surface area contributed by atoms with Crippen LogP contribution in [-0.2, 0) is 7.05 Å². The van der Waals surface area contributed by atoms with Crippen molar-refractivity contribution < 1.29 is 9.72 Å². The van der Waals surface area contributed by atoms with Crippen LogP contribution in [0.15, 0.2) is 54.9 Å². The second-order valence-corrected chi connectivity index (χ2v) is 5.10. The van der Waals surface area contributed by atoms with E-state index in [4.69, 9.17) is 0 Å². The van der Waals surface area contributed by atoms with Gasteiger partial charge in [-0.3, -0.25) is 14.9 Å². The number of carbonyl (C=O) groups is 1. The molecule has 1 amide bonds. The predicted octanol–water partition coefficient (Wildman–Crippen LogP) is 2.64. The van der Waals surface area contributed by atoms with Gasteiger partial charge in [-0.15, -0.1) is 10.2 Å². The van der Waals surface area contributed by atoms with E-state index < -0.39 is 4.92 Å². The number of carbonyl (C=O) groups excluding carboxylic acids is 1. The quantitative estimate of drug-likeness (QED) is 0.587. The lowest BCUT2D eigenvalue weighted by Gasteiger charge is -2.07. The number of anilines is 1. The molecule has 0 radical (unpaired) electrons. The highest BCUT2D eigenvalue weighted by atomic mass is 16.6. The van der Waals surface area contributed by atoms with Crippen molar-refractivity contribution in [3.63, 3.8) is 0 Å². The number of amides is 1. The molecule has 120 valence electrons. The summed E-state index contributed by atoms with van der Waals surface area (Å²) in [4.78, 5) is 22.4. The Labute approximate surface area is 136 Å². The fourth-order valence-electron chi connectivity index (χ4n) is 2.22. The predicted molar refractivity (Wildman–Crippen MR) is 87.5 cm³/mol. The van der Waals surface area contributed by atoms with Crippen LogP contribution in [-0.4, -0.2) is 25.6 Å². The van der Waals surface area contributed by atoms with Crippen LogP contribution in [0.3, 0.4) is 0 Å². The van der Waals surface area contributed by atoms with Crippen molar-refractivity contribution in [3.05, 3.63) is 70.5 Å². The third-order valence-corrected chi connectivity index (χ3v) is 3.43. The minimum atomic E-state index is -0.508.